The van der Waals surface area contributed by atoms with E-state index in [0.29, 0.717) is 6.42 Å². The van der Waals surface area contributed by atoms with Crippen LogP contribution in [0.1, 0.15) is 16.8 Å². The second kappa shape index (κ2) is 3.86. The summed E-state index contributed by atoms with van der Waals surface area (Å²) in [6.07, 6.45) is 0.405. The van der Waals surface area contributed by atoms with E-state index in [1.807, 2.05) is 0 Å². The first-order chi connectivity index (χ1) is 7.52. The van der Waals surface area contributed by atoms with Crippen LogP contribution in [0.4, 0.5) is 4.39 Å². The lowest BCUT2D eigenvalue weighted by Gasteiger charge is -2.14. The highest BCUT2D eigenvalue weighted by Crippen LogP contribution is 2.18. The minimum atomic E-state index is -3.53. The molecule has 0 N–H and O–H groups in total. The number of hydrogen-bond acceptors (Lipinski definition) is 3. The predicted molar refractivity (Wildman–Crippen MR) is 55.8 cm³/mol. The highest BCUT2D eigenvalue weighted by molar-refractivity contribution is 7.89. The molecule has 1 aliphatic rings. The average Bonchev–Trinajstić information content (AvgIpc) is 2.58. The van der Waals surface area contributed by atoms with Gasteiger partial charge in [-0.1, -0.05) is 12.1 Å². The molecule has 1 heterocycles. The van der Waals surface area contributed by atoms with Crippen molar-refractivity contribution >= 4 is 15.9 Å². The SMILES string of the molecule is O=C(c1ccccc1F)N1CCCS1(=O)=O. The molecule has 4 nitrogen and oxygen atoms in total. The van der Waals surface area contributed by atoms with E-state index in [0.717, 1.165) is 10.4 Å². The zero-order chi connectivity index (χ0) is 11.8. The summed E-state index contributed by atoms with van der Waals surface area (Å²) in [6, 6.07) is 5.37. The standard InChI is InChI=1S/C10H10FNO3S/c11-9-5-2-1-4-8(9)10(13)12-6-3-7-16(12,14)15/h1-2,4-5H,3,6-7H2. The molecule has 1 saturated heterocycles. The minimum Gasteiger partial charge on any atom is -0.268 e. The molecule has 16 heavy (non-hydrogen) atoms. The molecular formula is C10H10FNO3S. The Morgan fingerprint density at radius 1 is 1.31 bits per heavy atom. The third kappa shape index (κ3) is 1.80. The van der Waals surface area contributed by atoms with Gasteiger partial charge in [-0.2, -0.15) is 0 Å². The van der Waals surface area contributed by atoms with Crippen LogP contribution in [0.15, 0.2) is 24.3 Å². The van der Waals surface area contributed by atoms with Crippen LogP contribution < -0.4 is 0 Å². The van der Waals surface area contributed by atoms with Crippen LogP contribution in [0.3, 0.4) is 0 Å². The van der Waals surface area contributed by atoms with E-state index in [2.05, 4.69) is 0 Å². The number of benzene rings is 1. The molecule has 1 amide bonds. The van der Waals surface area contributed by atoms with Crippen molar-refractivity contribution in [1.29, 1.82) is 0 Å². The van der Waals surface area contributed by atoms with Crippen molar-refractivity contribution < 1.29 is 17.6 Å². The summed E-state index contributed by atoms with van der Waals surface area (Å²) in [5.74, 6) is -1.53. The Labute approximate surface area is 92.7 Å². The molecule has 1 aliphatic heterocycles. The molecule has 0 bridgehead atoms. The van der Waals surface area contributed by atoms with E-state index in [-0.39, 0.29) is 17.9 Å². The number of hydrogen-bond donors (Lipinski definition) is 0. The molecule has 0 spiro atoms. The highest BCUT2D eigenvalue weighted by Gasteiger charge is 2.34. The monoisotopic (exact) mass is 243 g/mol. The molecule has 1 aromatic carbocycles. The summed E-state index contributed by atoms with van der Waals surface area (Å²) in [5.41, 5.74) is -0.201. The molecule has 1 aromatic rings. The summed E-state index contributed by atoms with van der Waals surface area (Å²) in [4.78, 5) is 11.8. The van der Waals surface area contributed by atoms with E-state index in [1.54, 1.807) is 0 Å². The summed E-state index contributed by atoms with van der Waals surface area (Å²) < 4.78 is 37.0. The van der Waals surface area contributed by atoms with Crippen molar-refractivity contribution in [3.63, 3.8) is 0 Å². The van der Waals surface area contributed by atoms with E-state index in [4.69, 9.17) is 0 Å². The van der Waals surface area contributed by atoms with Gasteiger partial charge in [0.15, 0.2) is 0 Å². The van der Waals surface area contributed by atoms with Crippen LogP contribution in [0.2, 0.25) is 0 Å². The summed E-state index contributed by atoms with van der Waals surface area (Å²) in [6.45, 7) is 0.134. The molecule has 0 unspecified atom stereocenters. The first-order valence-electron chi connectivity index (χ1n) is 4.81. The summed E-state index contributed by atoms with van der Waals surface area (Å²) in [5, 5.41) is 0. The van der Waals surface area contributed by atoms with Crippen molar-refractivity contribution in [3.8, 4) is 0 Å². The molecule has 0 aliphatic carbocycles. The van der Waals surface area contributed by atoms with Crippen molar-refractivity contribution in [2.45, 2.75) is 6.42 Å². The topological polar surface area (TPSA) is 54.5 Å². The Morgan fingerprint density at radius 3 is 2.56 bits per heavy atom. The Morgan fingerprint density at radius 2 is 2.00 bits per heavy atom. The van der Waals surface area contributed by atoms with Gasteiger partial charge in [-0.25, -0.2) is 17.1 Å². The molecule has 0 aromatic heterocycles. The van der Waals surface area contributed by atoms with Crippen LogP contribution in [0, 0.1) is 5.82 Å². The van der Waals surface area contributed by atoms with Gasteiger partial charge in [-0.05, 0) is 18.6 Å². The van der Waals surface area contributed by atoms with Crippen molar-refractivity contribution in [2.75, 3.05) is 12.3 Å². The number of halogens is 1. The van der Waals surface area contributed by atoms with Gasteiger partial charge in [-0.15, -0.1) is 0 Å². The Kier molecular flexibility index (Phi) is 2.67. The molecule has 86 valence electrons. The lowest BCUT2D eigenvalue weighted by atomic mass is 10.2. The van der Waals surface area contributed by atoms with Crippen LogP contribution in [0.5, 0.6) is 0 Å². The van der Waals surface area contributed by atoms with Gasteiger partial charge in [0.25, 0.3) is 5.91 Å². The molecular weight excluding hydrogens is 233 g/mol. The van der Waals surface area contributed by atoms with Crippen molar-refractivity contribution in [3.05, 3.63) is 35.6 Å². The second-order valence-corrected chi connectivity index (χ2v) is 5.54. The maximum absolute atomic E-state index is 13.3. The van der Waals surface area contributed by atoms with Gasteiger partial charge < -0.3 is 0 Å². The first kappa shape index (κ1) is 11.1. The fourth-order valence-electron chi connectivity index (χ4n) is 1.64. The van der Waals surface area contributed by atoms with Gasteiger partial charge in [-0.3, -0.25) is 4.79 Å². The van der Waals surface area contributed by atoms with Gasteiger partial charge in [0.1, 0.15) is 5.82 Å². The largest absolute Gasteiger partial charge is 0.270 e. The van der Waals surface area contributed by atoms with Gasteiger partial charge in [0.05, 0.1) is 11.3 Å². The van der Waals surface area contributed by atoms with E-state index < -0.39 is 21.7 Å². The van der Waals surface area contributed by atoms with Gasteiger partial charge >= 0.3 is 0 Å². The highest BCUT2D eigenvalue weighted by atomic mass is 32.2. The second-order valence-electron chi connectivity index (χ2n) is 3.53. The third-order valence-electron chi connectivity index (χ3n) is 2.43. The molecule has 1 fully saturated rings. The maximum atomic E-state index is 13.3. The first-order valence-corrected chi connectivity index (χ1v) is 6.42. The fourth-order valence-corrected chi connectivity index (χ4v) is 3.11. The van der Waals surface area contributed by atoms with Crippen LogP contribution in [-0.2, 0) is 10.0 Å². The number of rotatable bonds is 1. The zero-order valence-corrected chi connectivity index (χ0v) is 9.21. The smallest absolute Gasteiger partial charge is 0.268 e. The average molecular weight is 243 g/mol. The van der Waals surface area contributed by atoms with E-state index in [9.17, 15) is 17.6 Å². The number of nitrogens with zero attached hydrogens (tertiary/aromatic N) is 1. The van der Waals surface area contributed by atoms with Crippen molar-refractivity contribution in [1.82, 2.24) is 4.31 Å². The Balaban J connectivity index is 2.37. The molecule has 2 rings (SSSR count). The lowest BCUT2D eigenvalue weighted by Crippen LogP contribution is -2.33. The Bertz CT molecular complexity index is 527. The summed E-state index contributed by atoms with van der Waals surface area (Å²) in [7, 11) is -3.53. The number of amides is 1. The lowest BCUT2D eigenvalue weighted by molar-refractivity contribution is 0.0865. The van der Waals surface area contributed by atoms with Crippen LogP contribution >= 0.6 is 0 Å². The van der Waals surface area contributed by atoms with Crippen LogP contribution in [0.25, 0.3) is 0 Å². The number of carbonyl (C=O) groups excluding carboxylic acids is 1. The predicted octanol–water partition coefficient (Wildman–Crippen LogP) is 1.00. The van der Waals surface area contributed by atoms with E-state index >= 15 is 0 Å². The quantitative estimate of drug-likeness (QED) is 0.739. The van der Waals surface area contributed by atoms with Gasteiger partial charge in [0, 0.05) is 6.54 Å². The van der Waals surface area contributed by atoms with Crippen LogP contribution in [-0.4, -0.2) is 30.9 Å². The minimum absolute atomic E-state index is 0.0484. The van der Waals surface area contributed by atoms with Gasteiger partial charge in [0.2, 0.25) is 10.0 Å². The summed E-state index contributed by atoms with van der Waals surface area (Å²) >= 11 is 0. The number of carbonyl (C=O) groups is 1. The molecule has 0 radical (unpaired) electrons. The third-order valence-corrected chi connectivity index (χ3v) is 4.25. The molecule has 0 atom stereocenters. The molecule has 0 saturated carbocycles. The number of sulfonamides is 1. The van der Waals surface area contributed by atoms with Crippen molar-refractivity contribution in [2.24, 2.45) is 0 Å². The Hall–Kier alpha value is -1.43. The molecule has 6 heteroatoms. The maximum Gasteiger partial charge on any atom is 0.270 e. The fraction of sp³-hybridized carbons (Fsp3) is 0.300. The van der Waals surface area contributed by atoms with E-state index in [1.165, 1.54) is 18.2 Å². The zero-order valence-electron chi connectivity index (χ0n) is 8.39. The normalized spacial score (nSPS) is 18.7.